The molecule has 33 heavy (non-hydrogen) atoms. The Bertz CT molecular complexity index is 1070. The summed E-state index contributed by atoms with van der Waals surface area (Å²) in [7, 11) is 1.48. The average Bonchev–Trinajstić information content (AvgIpc) is 3.12. The van der Waals surface area contributed by atoms with E-state index in [1.807, 2.05) is 37.3 Å². The van der Waals surface area contributed by atoms with Gasteiger partial charge in [-0.2, -0.15) is 13.2 Å². The SMILES string of the molecule is COCCOc1ccc(C(F)(F)F)cc1NC(=O)CSc1nc(Cc2ccccc2)c(C)[nH]1. The van der Waals surface area contributed by atoms with Crippen LogP contribution in [0.4, 0.5) is 18.9 Å². The fourth-order valence-corrected chi connectivity index (χ4v) is 3.72. The van der Waals surface area contributed by atoms with E-state index in [-0.39, 0.29) is 30.4 Å². The molecule has 0 unspecified atom stereocenters. The van der Waals surface area contributed by atoms with Gasteiger partial charge in [0.05, 0.1) is 29.3 Å². The monoisotopic (exact) mass is 479 g/mol. The van der Waals surface area contributed by atoms with E-state index in [2.05, 4.69) is 15.3 Å². The van der Waals surface area contributed by atoms with E-state index in [1.165, 1.54) is 24.9 Å². The molecule has 0 fully saturated rings. The summed E-state index contributed by atoms with van der Waals surface area (Å²) < 4.78 is 49.7. The Balaban J connectivity index is 1.64. The van der Waals surface area contributed by atoms with Crippen LogP contribution in [0.3, 0.4) is 0 Å². The summed E-state index contributed by atoms with van der Waals surface area (Å²) in [5.74, 6) is -0.377. The van der Waals surface area contributed by atoms with E-state index >= 15 is 0 Å². The van der Waals surface area contributed by atoms with Gasteiger partial charge in [0.15, 0.2) is 5.16 Å². The zero-order valence-electron chi connectivity index (χ0n) is 18.2. The number of alkyl halides is 3. The molecule has 176 valence electrons. The highest BCUT2D eigenvalue weighted by atomic mass is 32.2. The summed E-state index contributed by atoms with van der Waals surface area (Å²) in [6.45, 7) is 2.30. The minimum Gasteiger partial charge on any atom is -0.489 e. The number of aromatic nitrogens is 2. The Labute approximate surface area is 193 Å². The van der Waals surface area contributed by atoms with Crippen LogP contribution in [0.1, 0.15) is 22.5 Å². The third-order valence-corrected chi connectivity index (χ3v) is 5.52. The van der Waals surface area contributed by atoms with Gasteiger partial charge in [-0.25, -0.2) is 4.98 Å². The van der Waals surface area contributed by atoms with Crippen LogP contribution in [0.25, 0.3) is 0 Å². The number of H-pyrrole nitrogens is 1. The summed E-state index contributed by atoms with van der Waals surface area (Å²) in [5, 5.41) is 3.08. The van der Waals surface area contributed by atoms with Crippen LogP contribution in [0, 0.1) is 6.92 Å². The molecule has 0 aliphatic carbocycles. The summed E-state index contributed by atoms with van der Waals surface area (Å²) in [6.07, 6.45) is -3.89. The molecule has 3 aromatic rings. The van der Waals surface area contributed by atoms with Crippen molar-refractivity contribution in [2.24, 2.45) is 0 Å². The van der Waals surface area contributed by atoms with Gasteiger partial charge in [-0.3, -0.25) is 4.79 Å². The van der Waals surface area contributed by atoms with Gasteiger partial charge in [-0.15, -0.1) is 0 Å². The number of thioether (sulfide) groups is 1. The number of aryl methyl sites for hydroxylation is 1. The number of carbonyl (C=O) groups excluding carboxylic acids is 1. The second kappa shape index (κ2) is 11.2. The van der Waals surface area contributed by atoms with Gasteiger partial charge in [0.1, 0.15) is 12.4 Å². The smallest absolute Gasteiger partial charge is 0.416 e. The topological polar surface area (TPSA) is 76.2 Å². The third-order valence-electron chi connectivity index (χ3n) is 4.64. The van der Waals surface area contributed by atoms with Crippen LogP contribution >= 0.6 is 11.8 Å². The van der Waals surface area contributed by atoms with Gasteiger partial charge < -0.3 is 19.8 Å². The normalized spacial score (nSPS) is 11.4. The van der Waals surface area contributed by atoms with Crippen LogP contribution in [-0.2, 0) is 22.1 Å². The quantitative estimate of drug-likeness (QED) is 0.313. The molecule has 1 amide bonds. The first kappa shape index (κ1) is 24.7. The molecule has 0 radical (unpaired) electrons. The van der Waals surface area contributed by atoms with Crippen LogP contribution in [0.2, 0.25) is 0 Å². The second-order valence-electron chi connectivity index (χ2n) is 7.16. The van der Waals surface area contributed by atoms with E-state index in [0.717, 1.165) is 29.1 Å². The molecule has 2 aromatic carbocycles. The van der Waals surface area contributed by atoms with Gasteiger partial charge in [-0.05, 0) is 30.7 Å². The summed E-state index contributed by atoms with van der Waals surface area (Å²) in [5.41, 5.74) is 1.96. The van der Waals surface area contributed by atoms with Crippen molar-refractivity contribution in [2.45, 2.75) is 24.7 Å². The van der Waals surface area contributed by atoms with Crippen LogP contribution < -0.4 is 10.1 Å². The number of halogens is 3. The van der Waals surface area contributed by atoms with E-state index in [4.69, 9.17) is 9.47 Å². The molecule has 0 spiro atoms. The molecule has 0 saturated heterocycles. The molecule has 0 saturated carbocycles. The van der Waals surface area contributed by atoms with Gasteiger partial charge in [0, 0.05) is 19.2 Å². The van der Waals surface area contributed by atoms with Crippen molar-refractivity contribution in [2.75, 3.05) is 31.4 Å². The van der Waals surface area contributed by atoms with Crippen molar-refractivity contribution in [3.05, 3.63) is 71.0 Å². The van der Waals surface area contributed by atoms with Crippen molar-refractivity contribution < 1.29 is 27.4 Å². The van der Waals surface area contributed by atoms with Gasteiger partial charge in [0.25, 0.3) is 0 Å². The first-order chi connectivity index (χ1) is 15.8. The fraction of sp³-hybridized carbons (Fsp3) is 0.304. The average molecular weight is 480 g/mol. The minimum atomic E-state index is -4.54. The largest absolute Gasteiger partial charge is 0.489 e. The molecular weight excluding hydrogens is 455 g/mol. The fourth-order valence-electron chi connectivity index (χ4n) is 2.98. The van der Waals surface area contributed by atoms with E-state index < -0.39 is 17.6 Å². The second-order valence-corrected chi connectivity index (χ2v) is 8.13. The van der Waals surface area contributed by atoms with Crippen molar-refractivity contribution >= 4 is 23.4 Å². The highest BCUT2D eigenvalue weighted by Gasteiger charge is 2.31. The standard InChI is InChI=1S/C23H24F3N3O3S/c1-15-18(12-16-6-4-3-5-7-16)29-22(27-15)33-14-21(30)28-19-13-17(23(24,25)26)8-9-20(19)32-11-10-31-2/h3-9,13H,10-12,14H2,1-2H3,(H,27,29)(H,28,30). The van der Waals surface area contributed by atoms with E-state index in [9.17, 15) is 18.0 Å². The van der Waals surface area contributed by atoms with Crippen LogP contribution in [0.15, 0.2) is 53.7 Å². The van der Waals surface area contributed by atoms with Crippen LogP contribution in [-0.4, -0.2) is 42.0 Å². The van der Waals surface area contributed by atoms with Crippen molar-refractivity contribution in [3.8, 4) is 5.75 Å². The first-order valence-electron chi connectivity index (χ1n) is 10.1. The summed E-state index contributed by atoms with van der Waals surface area (Å²) in [6, 6.07) is 12.8. The molecule has 10 heteroatoms. The van der Waals surface area contributed by atoms with Gasteiger partial charge in [0.2, 0.25) is 5.91 Å². The molecule has 2 N–H and O–H groups in total. The molecule has 6 nitrogen and oxygen atoms in total. The molecule has 0 aliphatic rings. The number of amides is 1. The lowest BCUT2D eigenvalue weighted by atomic mass is 10.1. The first-order valence-corrected chi connectivity index (χ1v) is 11.1. The Morgan fingerprint density at radius 3 is 2.61 bits per heavy atom. The number of anilines is 1. The molecular formula is C23H24F3N3O3S. The van der Waals surface area contributed by atoms with Gasteiger partial charge in [-0.1, -0.05) is 42.1 Å². The molecule has 1 heterocycles. The lowest BCUT2D eigenvalue weighted by molar-refractivity contribution is -0.137. The molecule has 0 bridgehead atoms. The number of imidazole rings is 1. The Morgan fingerprint density at radius 1 is 1.15 bits per heavy atom. The van der Waals surface area contributed by atoms with Crippen molar-refractivity contribution in [3.63, 3.8) is 0 Å². The summed E-state index contributed by atoms with van der Waals surface area (Å²) in [4.78, 5) is 20.2. The number of nitrogens with zero attached hydrogens (tertiary/aromatic N) is 1. The summed E-state index contributed by atoms with van der Waals surface area (Å²) >= 11 is 1.17. The maximum atomic E-state index is 13.1. The predicted octanol–water partition coefficient (Wildman–Crippen LogP) is 5.08. The number of rotatable bonds is 10. The number of ether oxygens (including phenoxy) is 2. The number of nitrogens with one attached hydrogen (secondary N) is 2. The molecule has 1 aromatic heterocycles. The number of carbonyl (C=O) groups is 1. The molecule has 3 rings (SSSR count). The van der Waals surface area contributed by atoms with Crippen molar-refractivity contribution in [1.29, 1.82) is 0 Å². The third kappa shape index (κ3) is 7.26. The maximum absolute atomic E-state index is 13.1. The Kier molecular flexibility index (Phi) is 8.40. The van der Waals surface area contributed by atoms with Crippen molar-refractivity contribution in [1.82, 2.24) is 9.97 Å². The zero-order valence-corrected chi connectivity index (χ0v) is 19.0. The molecule has 0 atom stereocenters. The van der Waals surface area contributed by atoms with E-state index in [0.29, 0.717) is 11.6 Å². The number of benzene rings is 2. The highest BCUT2D eigenvalue weighted by molar-refractivity contribution is 7.99. The Hall–Kier alpha value is -2.98. The lowest BCUT2D eigenvalue weighted by Crippen LogP contribution is -2.17. The highest BCUT2D eigenvalue weighted by Crippen LogP contribution is 2.35. The number of hydrogen-bond acceptors (Lipinski definition) is 5. The predicted molar refractivity (Wildman–Crippen MR) is 121 cm³/mol. The maximum Gasteiger partial charge on any atom is 0.416 e. The Morgan fingerprint density at radius 2 is 1.91 bits per heavy atom. The van der Waals surface area contributed by atoms with Crippen LogP contribution in [0.5, 0.6) is 5.75 Å². The molecule has 0 aliphatic heterocycles. The lowest BCUT2D eigenvalue weighted by Gasteiger charge is -2.15. The minimum absolute atomic E-state index is 0.0362. The zero-order chi connectivity index (χ0) is 23.8. The van der Waals surface area contributed by atoms with E-state index in [1.54, 1.807) is 0 Å². The number of aromatic amines is 1. The number of hydrogen-bond donors (Lipinski definition) is 2. The number of methoxy groups -OCH3 is 1. The van der Waals surface area contributed by atoms with Gasteiger partial charge >= 0.3 is 6.18 Å².